The van der Waals surface area contributed by atoms with Gasteiger partial charge in [0, 0.05) is 18.8 Å². The lowest BCUT2D eigenvalue weighted by Crippen LogP contribution is -2.35. The smallest absolute Gasteiger partial charge is 0.265 e. The van der Waals surface area contributed by atoms with Crippen LogP contribution in [0.4, 0.5) is 5.69 Å². The number of nitrogens with one attached hydrogen (secondary N) is 1. The molecule has 0 radical (unpaired) electrons. The third kappa shape index (κ3) is 5.16. The average molecular weight is 417 g/mol. The SMILES string of the molecule is Cc1ccc(OC(C)C(=O)Nc2cc(S(=O)(=O)N3CCCCC3)ccc2C)cc1. The van der Waals surface area contributed by atoms with Gasteiger partial charge in [0.25, 0.3) is 5.91 Å². The van der Waals surface area contributed by atoms with Gasteiger partial charge in [-0.15, -0.1) is 0 Å². The Morgan fingerprint density at radius 3 is 2.34 bits per heavy atom. The molecule has 0 aliphatic carbocycles. The van der Waals surface area contributed by atoms with Crippen molar-refractivity contribution in [2.75, 3.05) is 18.4 Å². The number of benzene rings is 2. The van der Waals surface area contributed by atoms with Crippen molar-refractivity contribution in [2.24, 2.45) is 0 Å². The highest BCUT2D eigenvalue weighted by molar-refractivity contribution is 7.89. The minimum Gasteiger partial charge on any atom is -0.481 e. The van der Waals surface area contributed by atoms with Crippen molar-refractivity contribution in [3.8, 4) is 5.75 Å². The van der Waals surface area contributed by atoms with Gasteiger partial charge in [0.15, 0.2) is 6.10 Å². The highest BCUT2D eigenvalue weighted by Gasteiger charge is 2.26. The van der Waals surface area contributed by atoms with Crippen molar-refractivity contribution < 1.29 is 17.9 Å². The highest BCUT2D eigenvalue weighted by atomic mass is 32.2. The Kier molecular flexibility index (Phi) is 6.59. The van der Waals surface area contributed by atoms with Gasteiger partial charge in [0.2, 0.25) is 10.0 Å². The number of ether oxygens (including phenoxy) is 1. The fraction of sp³-hybridized carbons (Fsp3) is 0.409. The molecule has 0 aromatic heterocycles. The Morgan fingerprint density at radius 1 is 1.03 bits per heavy atom. The van der Waals surface area contributed by atoms with Crippen LogP contribution in [0.1, 0.15) is 37.3 Å². The van der Waals surface area contributed by atoms with E-state index in [-0.39, 0.29) is 10.8 Å². The maximum Gasteiger partial charge on any atom is 0.265 e. The zero-order chi connectivity index (χ0) is 21.0. The topological polar surface area (TPSA) is 75.7 Å². The molecular weight excluding hydrogens is 388 g/mol. The van der Waals surface area contributed by atoms with Gasteiger partial charge in [0.1, 0.15) is 5.75 Å². The second kappa shape index (κ2) is 8.97. The summed E-state index contributed by atoms with van der Waals surface area (Å²) in [5, 5.41) is 2.81. The van der Waals surface area contributed by atoms with E-state index < -0.39 is 16.1 Å². The third-order valence-electron chi connectivity index (χ3n) is 5.12. The van der Waals surface area contributed by atoms with Crippen LogP contribution in [0.15, 0.2) is 47.4 Å². The summed E-state index contributed by atoms with van der Waals surface area (Å²) in [5.74, 6) is 0.276. The quantitative estimate of drug-likeness (QED) is 0.775. The summed E-state index contributed by atoms with van der Waals surface area (Å²) in [6.07, 6.45) is 2.09. The molecule has 1 amide bonds. The predicted octanol–water partition coefficient (Wildman–Crippen LogP) is 3.88. The monoisotopic (exact) mass is 416 g/mol. The van der Waals surface area contributed by atoms with Gasteiger partial charge in [-0.05, 0) is 63.4 Å². The van der Waals surface area contributed by atoms with E-state index in [1.54, 1.807) is 19.1 Å². The summed E-state index contributed by atoms with van der Waals surface area (Å²) in [5.41, 5.74) is 2.38. The summed E-state index contributed by atoms with van der Waals surface area (Å²) in [6, 6.07) is 12.3. The molecule has 2 aromatic rings. The molecule has 29 heavy (non-hydrogen) atoms. The zero-order valence-corrected chi connectivity index (χ0v) is 18.0. The molecule has 1 saturated heterocycles. The Bertz CT molecular complexity index is 965. The van der Waals surface area contributed by atoms with Crippen molar-refractivity contribution in [1.29, 1.82) is 0 Å². The fourth-order valence-electron chi connectivity index (χ4n) is 3.26. The van der Waals surface area contributed by atoms with Gasteiger partial charge >= 0.3 is 0 Å². The van der Waals surface area contributed by atoms with Gasteiger partial charge in [-0.1, -0.05) is 30.2 Å². The maximum atomic E-state index is 12.9. The van der Waals surface area contributed by atoms with Crippen molar-refractivity contribution >= 4 is 21.6 Å². The van der Waals surface area contributed by atoms with Crippen molar-refractivity contribution in [3.63, 3.8) is 0 Å². The van der Waals surface area contributed by atoms with E-state index in [1.807, 2.05) is 38.1 Å². The predicted molar refractivity (Wildman–Crippen MR) is 114 cm³/mol. The highest BCUT2D eigenvalue weighted by Crippen LogP contribution is 2.25. The van der Waals surface area contributed by atoms with Crippen molar-refractivity contribution in [1.82, 2.24) is 4.31 Å². The number of hydrogen-bond donors (Lipinski definition) is 1. The summed E-state index contributed by atoms with van der Waals surface area (Å²) in [7, 11) is -3.56. The Balaban J connectivity index is 1.73. The van der Waals surface area contributed by atoms with E-state index in [2.05, 4.69) is 5.32 Å². The number of anilines is 1. The summed E-state index contributed by atoms with van der Waals surface area (Å²) in [4.78, 5) is 12.8. The first kappa shape index (κ1) is 21.3. The zero-order valence-electron chi connectivity index (χ0n) is 17.1. The summed E-state index contributed by atoms with van der Waals surface area (Å²) >= 11 is 0. The Hall–Kier alpha value is -2.38. The van der Waals surface area contributed by atoms with Crippen LogP contribution in [0, 0.1) is 13.8 Å². The molecule has 1 aliphatic heterocycles. The summed E-state index contributed by atoms with van der Waals surface area (Å²) in [6.45, 7) is 6.56. The van der Waals surface area contributed by atoms with Crippen LogP contribution in [0.5, 0.6) is 5.75 Å². The third-order valence-corrected chi connectivity index (χ3v) is 7.02. The van der Waals surface area contributed by atoms with Crippen LogP contribution < -0.4 is 10.1 Å². The van der Waals surface area contributed by atoms with Crippen LogP contribution >= 0.6 is 0 Å². The molecule has 1 heterocycles. The molecule has 6 nitrogen and oxygen atoms in total. The molecule has 1 fully saturated rings. The number of carbonyl (C=O) groups is 1. The summed E-state index contributed by atoms with van der Waals surface area (Å²) < 4.78 is 33.1. The minimum absolute atomic E-state index is 0.201. The van der Waals surface area contributed by atoms with E-state index >= 15 is 0 Å². The number of rotatable bonds is 6. The molecule has 0 saturated carbocycles. The number of nitrogens with zero attached hydrogens (tertiary/aromatic N) is 1. The van der Waals surface area contributed by atoms with Crippen LogP contribution in [-0.2, 0) is 14.8 Å². The van der Waals surface area contributed by atoms with Crippen LogP contribution in [0.2, 0.25) is 0 Å². The van der Waals surface area contributed by atoms with Crippen LogP contribution in [-0.4, -0.2) is 37.8 Å². The van der Waals surface area contributed by atoms with E-state index in [9.17, 15) is 13.2 Å². The Labute approximate surface area is 172 Å². The van der Waals surface area contributed by atoms with Crippen LogP contribution in [0.25, 0.3) is 0 Å². The molecule has 1 N–H and O–H groups in total. The molecule has 1 unspecified atom stereocenters. The number of aryl methyl sites for hydroxylation is 2. The molecule has 2 aromatic carbocycles. The molecule has 0 bridgehead atoms. The number of piperidine rings is 1. The van der Waals surface area contributed by atoms with Gasteiger partial charge in [-0.3, -0.25) is 4.79 Å². The largest absolute Gasteiger partial charge is 0.481 e. The van der Waals surface area contributed by atoms with Crippen molar-refractivity contribution in [3.05, 3.63) is 53.6 Å². The lowest BCUT2D eigenvalue weighted by molar-refractivity contribution is -0.122. The number of amides is 1. The van der Waals surface area contributed by atoms with Gasteiger partial charge < -0.3 is 10.1 Å². The van der Waals surface area contributed by atoms with Gasteiger partial charge in [-0.2, -0.15) is 4.31 Å². The Morgan fingerprint density at radius 2 is 1.69 bits per heavy atom. The molecule has 156 valence electrons. The molecule has 0 spiro atoms. The number of carbonyl (C=O) groups excluding carboxylic acids is 1. The number of hydrogen-bond acceptors (Lipinski definition) is 4. The number of sulfonamides is 1. The first-order valence-electron chi connectivity index (χ1n) is 9.92. The molecule has 1 atom stereocenters. The lowest BCUT2D eigenvalue weighted by atomic mass is 10.2. The van der Waals surface area contributed by atoms with E-state index in [4.69, 9.17) is 4.74 Å². The first-order chi connectivity index (χ1) is 13.8. The average Bonchev–Trinajstić information content (AvgIpc) is 2.71. The second-order valence-electron chi connectivity index (χ2n) is 7.50. The molecular formula is C22H28N2O4S. The van der Waals surface area contributed by atoms with E-state index in [0.717, 1.165) is 30.4 Å². The lowest BCUT2D eigenvalue weighted by Gasteiger charge is -2.26. The standard InChI is InChI=1S/C22H28N2O4S/c1-16-7-10-19(11-8-16)28-18(3)22(25)23-21-15-20(12-9-17(21)2)29(26,27)24-13-5-4-6-14-24/h7-12,15,18H,4-6,13-14H2,1-3H3,(H,23,25). The first-order valence-corrected chi connectivity index (χ1v) is 11.4. The van der Waals surface area contributed by atoms with Crippen molar-refractivity contribution in [2.45, 2.75) is 51.0 Å². The second-order valence-corrected chi connectivity index (χ2v) is 9.44. The maximum absolute atomic E-state index is 12.9. The molecule has 3 rings (SSSR count). The normalized spacial score (nSPS) is 16.2. The van der Waals surface area contributed by atoms with Crippen LogP contribution in [0.3, 0.4) is 0 Å². The van der Waals surface area contributed by atoms with Gasteiger partial charge in [-0.25, -0.2) is 8.42 Å². The van der Waals surface area contributed by atoms with E-state index in [1.165, 1.54) is 10.4 Å². The van der Waals surface area contributed by atoms with E-state index in [0.29, 0.717) is 24.5 Å². The molecule has 7 heteroatoms. The van der Waals surface area contributed by atoms with Gasteiger partial charge in [0.05, 0.1) is 4.90 Å². The minimum atomic E-state index is -3.56. The fourth-order valence-corrected chi connectivity index (χ4v) is 4.80. The molecule has 1 aliphatic rings.